The standard InChI is InChI=1S/C25H36N2O2/c1-19(2)22-11-8-20(9-12-22)10-13-24(28)27(23-14-16-26-17-15-23)25(29)18-21-6-4-3-5-7-21/h8-13,19,21,23,26H,3-7,14-18H2,1-2H3. The normalized spacial score (nSPS) is 19.0. The van der Waals surface area contributed by atoms with E-state index in [0.717, 1.165) is 44.3 Å². The first kappa shape index (κ1) is 21.8. The van der Waals surface area contributed by atoms with Gasteiger partial charge in [-0.2, -0.15) is 0 Å². The van der Waals surface area contributed by atoms with Gasteiger partial charge in [0.05, 0.1) is 0 Å². The highest BCUT2D eigenvalue weighted by atomic mass is 16.2. The summed E-state index contributed by atoms with van der Waals surface area (Å²) in [5.74, 6) is 0.794. The van der Waals surface area contributed by atoms with E-state index in [2.05, 4.69) is 31.3 Å². The van der Waals surface area contributed by atoms with Crippen LogP contribution in [0.5, 0.6) is 0 Å². The van der Waals surface area contributed by atoms with Crippen LogP contribution in [-0.4, -0.2) is 35.8 Å². The second-order valence-corrected chi connectivity index (χ2v) is 8.95. The summed E-state index contributed by atoms with van der Waals surface area (Å²) in [7, 11) is 0. The van der Waals surface area contributed by atoms with Gasteiger partial charge in [0.2, 0.25) is 5.91 Å². The predicted molar refractivity (Wildman–Crippen MR) is 119 cm³/mol. The zero-order valence-corrected chi connectivity index (χ0v) is 18.0. The van der Waals surface area contributed by atoms with Crippen molar-refractivity contribution < 1.29 is 9.59 Å². The zero-order chi connectivity index (χ0) is 20.6. The second-order valence-electron chi connectivity index (χ2n) is 8.95. The van der Waals surface area contributed by atoms with Gasteiger partial charge >= 0.3 is 0 Å². The first-order valence-corrected chi connectivity index (χ1v) is 11.4. The lowest BCUT2D eigenvalue weighted by molar-refractivity contribution is -0.146. The third-order valence-electron chi connectivity index (χ3n) is 6.39. The van der Waals surface area contributed by atoms with Gasteiger partial charge in [0.25, 0.3) is 5.91 Å². The lowest BCUT2D eigenvalue weighted by Crippen LogP contribution is -2.49. The molecule has 4 nitrogen and oxygen atoms in total. The fraction of sp³-hybridized carbons (Fsp3) is 0.600. The van der Waals surface area contributed by atoms with Crippen molar-refractivity contribution in [2.45, 2.75) is 77.2 Å². The number of rotatable bonds is 6. The molecule has 158 valence electrons. The zero-order valence-electron chi connectivity index (χ0n) is 18.0. The van der Waals surface area contributed by atoms with Crippen LogP contribution in [0.15, 0.2) is 30.3 Å². The van der Waals surface area contributed by atoms with Crippen molar-refractivity contribution in [1.29, 1.82) is 0 Å². The van der Waals surface area contributed by atoms with Gasteiger partial charge in [-0.3, -0.25) is 14.5 Å². The van der Waals surface area contributed by atoms with Crippen LogP contribution in [-0.2, 0) is 9.59 Å². The molecule has 0 aromatic heterocycles. The Bertz CT molecular complexity index is 696. The third kappa shape index (κ3) is 6.27. The smallest absolute Gasteiger partial charge is 0.253 e. The van der Waals surface area contributed by atoms with Gasteiger partial charge in [-0.1, -0.05) is 57.4 Å². The molecule has 0 atom stereocenters. The molecule has 1 saturated heterocycles. The summed E-state index contributed by atoms with van der Waals surface area (Å²) in [6.45, 7) is 6.07. The van der Waals surface area contributed by atoms with E-state index < -0.39 is 0 Å². The van der Waals surface area contributed by atoms with Crippen molar-refractivity contribution in [2.24, 2.45) is 5.92 Å². The minimum absolute atomic E-state index is 0.0211. The van der Waals surface area contributed by atoms with E-state index in [4.69, 9.17) is 0 Å². The van der Waals surface area contributed by atoms with Crippen LogP contribution < -0.4 is 5.32 Å². The summed E-state index contributed by atoms with van der Waals surface area (Å²) in [5, 5.41) is 3.33. The molecule has 2 aliphatic rings. The van der Waals surface area contributed by atoms with Crippen LogP contribution in [0.1, 0.15) is 82.3 Å². The summed E-state index contributed by atoms with van der Waals surface area (Å²) in [6.07, 6.45) is 11.6. The van der Waals surface area contributed by atoms with Crippen LogP contribution >= 0.6 is 0 Å². The first-order chi connectivity index (χ1) is 14.0. The van der Waals surface area contributed by atoms with Crippen LogP contribution in [0.25, 0.3) is 6.08 Å². The number of benzene rings is 1. The van der Waals surface area contributed by atoms with Crippen molar-refractivity contribution >= 4 is 17.9 Å². The monoisotopic (exact) mass is 396 g/mol. The highest BCUT2D eigenvalue weighted by Crippen LogP contribution is 2.28. The van der Waals surface area contributed by atoms with Crippen molar-refractivity contribution in [3.63, 3.8) is 0 Å². The number of carbonyl (C=O) groups is 2. The molecule has 1 N–H and O–H groups in total. The fourth-order valence-electron chi connectivity index (χ4n) is 4.55. The Balaban J connectivity index is 1.69. The Morgan fingerprint density at radius 2 is 1.69 bits per heavy atom. The number of amides is 2. The average molecular weight is 397 g/mol. The third-order valence-corrected chi connectivity index (χ3v) is 6.39. The molecule has 0 bridgehead atoms. The van der Waals surface area contributed by atoms with Crippen LogP contribution in [0.3, 0.4) is 0 Å². The molecule has 0 spiro atoms. The molecule has 4 heteroatoms. The van der Waals surface area contributed by atoms with Gasteiger partial charge in [-0.25, -0.2) is 0 Å². The van der Waals surface area contributed by atoms with Crippen LogP contribution in [0.2, 0.25) is 0 Å². The number of nitrogens with zero attached hydrogens (tertiary/aromatic N) is 1. The molecule has 1 heterocycles. The Morgan fingerprint density at radius 1 is 1.03 bits per heavy atom. The number of carbonyl (C=O) groups excluding carboxylic acids is 2. The summed E-state index contributed by atoms with van der Waals surface area (Å²) in [4.78, 5) is 27.8. The molecular weight excluding hydrogens is 360 g/mol. The van der Waals surface area contributed by atoms with E-state index in [1.54, 1.807) is 11.0 Å². The molecule has 2 fully saturated rings. The van der Waals surface area contributed by atoms with Crippen molar-refractivity contribution in [3.05, 3.63) is 41.5 Å². The van der Waals surface area contributed by atoms with E-state index >= 15 is 0 Å². The number of hydrogen-bond acceptors (Lipinski definition) is 3. The summed E-state index contributed by atoms with van der Waals surface area (Å²) >= 11 is 0. The molecule has 1 aromatic rings. The van der Waals surface area contributed by atoms with E-state index in [9.17, 15) is 9.59 Å². The van der Waals surface area contributed by atoms with E-state index in [1.807, 2.05) is 18.2 Å². The molecule has 0 radical (unpaired) electrons. The van der Waals surface area contributed by atoms with Crippen LogP contribution in [0, 0.1) is 5.92 Å². The first-order valence-electron chi connectivity index (χ1n) is 11.4. The molecule has 1 aliphatic heterocycles. The van der Waals surface area contributed by atoms with Gasteiger partial charge < -0.3 is 5.32 Å². The second kappa shape index (κ2) is 10.7. The molecule has 2 amide bonds. The van der Waals surface area contributed by atoms with Crippen LogP contribution in [0.4, 0.5) is 0 Å². The molecule has 1 saturated carbocycles. The van der Waals surface area contributed by atoms with Gasteiger partial charge in [0.15, 0.2) is 0 Å². The Kier molecular flexibility index (Phi) is 8.05. The van der Waals surface area contributed by atoms with Crippen molar-refractivity contribution in [2.75, 3.05) is 13.1 Å². The Labute approximate surface area is 175 Å². The molecule has 29 heavy (non-hydrogen) atoms. The number of imide groups is 1. The number of piperidine rings is 1. The van der Waals surface area contributed by atoms with Gasteiger partial charge in [0, 0.05) is 18.5 Å². The quantitative estimate of drug-likeness (QED) is 0.696. The maximum Gasteiger partial charge on any atom is 0.253 e. The van der Waals surface area contributed by atoms with Crippen molar-refractivity contribution in [1.82, 2.24) is 10.2 Å². The maximum atomic E-state index is 13.1. The average Bonchev–Trinajstić information content (AvgIpc) is 2.74. The van der Waals surface area contributed by atoms with E-state index in [1.165, 1.54) is 24.8 Å². The van der Waals surface area contributed by atoms with E-state index in [-0.39, 0.29) is 17.9 Å². The summed E-state index contributed by atoms with van der Waals surface area (Å²) in [6, 6.07) is 8.31. The van der Waals surface area contributed by atoms with Gasteiger partial charge in [0.1, 0.15) is 0 Å². The SMILES string of the molecule is CC(C)c1ccc(C=CC(=O)N(C(=O)CC2CCCCC2)C2CCNCC2)cc1. The van der Waals surface area contributed by atoms with Gasteiger partial charge in [-0.15, -0.1) is 0 Å². The van der Waals surface area contributed by atoms with Gasteiger partial charge in [-0.05, 0) is 67.8 Å². The maximum absolute atomic E-state index is 13.1. The number of nitrogens with one attached hydrogen (secondary N) is 1. The lowest BCUT2D eigenvalue weighted by atomic mass is 9.86. The predicted octanol–water partition coefficient (Wildman–Crippen LogP) is 4.90. The highest BCUT2D eigenvalue weighted by molar-refractivity contribution is 6.03. The Hall–Kier alpha value is -1.94. The number of hydrogen-bond donors (Lipinski definition) is 1. The molecule has 0 unspecified atom stereocenters. The molecule has 3 rings (SSSR count). The lowest BCUT2D eigenvalue weighted by Gasteiger charge is -2.34. The van der Waals surface area contributed by atoms with Crippen molar-refractivity contribution in [3.8, 4) is 0 Å². The Morgan fingerprint density at radius 3 is 2.31 bits per heavy atom. The summed E-state index contributed by atoms with van der Waals surface area (Å²) < 4.78 is 0. The summed E-state index contributed by atoms with van der Waals surface area (Å²) in [5.41, 5.74) is 2.28. The largest absolute Gasteiger partial charge is 0.317 e. The molecule has 1 aromatic carbocycles. The minimum Gasteiger partial charge on any atom is -0.317 e. The van der Waals surface area contributed by atoms with E-state index in [0.29, 0.717) is 18.3 Å². The molecule has 1 aliphatic carbocycles. The minimum atomic E-state index is -0.161. The topological polar surface area (TPSA) is 49.4 Å². The fourth-order valence-corrected chi connectivity index (χ4v) is 4.55. The highest BCUT2D eigenvalue weighted by Gasteiger charge is 2.31. The molecular formula is C25H36N2O2.